The van der Waals surface area contributed by atoms with E-state index in [2.05, 4.69) is 29.1 Å². The lowest BCUT2D eigenvalue weighted by molar-refractivity contribution is 0.0788. The highest BCUT2D eigenvalue weighted by Gasteiger charge is 2.30. The van der Waals surface area contributed by atoms with Crippen molar-refractivity contribution in [2.75, 3.05) is 20.1 Å². The second kappa shape index (κ2) is 9.06. The summed E-state index contributed by atoms with van der Waals surface area (Å²) >= 11 is 7.72. The van der Waals surface area contributed by atoms with Crippen molar-refractivity contribution in [1.82, 2.24) is 24.3 Å². The Morgan fingerprint density at radius 3 is 2.71 bits per heavy atom. The van der Waals surface area contributed by atoms with E-state index in [4.69, 9.17) is 16.6 Å². The molecule has 0 spiro atoms. The molecule has 1 amide bonds. The van der Waals surface area contributed by atoms with Gasteiger partial charge in [0, 0.05) is 19.0 Å². The van der Waals surface area contributed by atoms with Crippen molar-refractivity contribution in [2.24, 2.45) is 0 Å². The van der Waals surface area contributed by atoms with Crippen LogP contribution in [0.5, 0.6) is 0 Å². The maximum absolute atomic E-state index is 14.1. The fourth-order valence-electron chi connectivity index (χ4n) is 3.96. The van der Waals surface area contributed by atoms with Crippen molar-refractivity contribution >= 4 is 28.8 Å². The third kappa shape index (κ3) is 4.12. The van der Waals surface area contributed by atoms with Crippen LogP contribution in [-0.4, -0.2) is 50.4 Å². The standard InChI is InChI=1S/C22H25ClFN5OS/c1-4-8-28(9-5-2)10-14-12-31-21(26-14)20-17-11-27(3)22(30)18-16(29(17)13-25-20)7-6-15(24)19(18)23/h6-7,12-13H,4-5,8-11H2,1-3H3. The molecule has 0 radical (unpaired) electrons. The van der Waals surface area contributed by atoms with Gasteiger partial charge in [-0.15, -0.1) is 11.3 Å². The number of imidazole rings is 1. The molecule has 164 valence electrons. The number of benzene rings is 1. The summed E-state index contributed by atoms with van der Waals surface area (Å²) in [4.78, 5) is 26.3. The van der Waals surface area contributed by atoms with Gasteiger partial charge in [-0.05, 0) is 38.1 Å². The second-order valence-electron chi connectivity index (χ2n) is 7.75. The van der Waals surface area contributed by atoms with Crippen molar-refractivity contribution in [1.29, 1.82) is 0 Å². The quantitative estimate of drug-likeness (QED) is 0.497. The molecule has 0 saturated heterocycles. The zero-order valence-electron chi connectivity index (χ0n) is 17.9. The van der Waals surface area contributed by atoms with Gasteiger partial charge in [0.25, 0.3) is 5.91 Å². The van der Waals surface area contributed by atoms with Gasteiger partial charge < -0.3 is 4.90 Å². The van der Waals surface area contributed by atoms with Gasteiger partial charge in [-0.25, -0.2) is 14.4 Å². The fraction of sp³-hybridized carbons (Fsp3) is 0.409. The van der Waals surface area contributed by atoms with Gasteiger partial charge in [-0.3, -0.25) is 14.3 Å². The van der Waals surface area contributed by atoms with Crippen LogP contribution in [0.3, 0.4) is 0 Å². The van der Waals surface area contributed by atoms with Crippen molar-refractivity contribution in [3.05, 3.63) is 51.6 Å². The molecular weight excluding hydrogens is 437 g/mol. The Bertz CT molecular complexity index is 1110. The number of aromatic nitrogens is 3. The van der Waals surface area contributed by atoms with Crippen LogP contribution in [0.1, 0.15) is 48.4 Å². The zero-order chi connectivity index (χ0) is 22.1. The molecule has 0 aliphatic carbocycles. The minimum Gasteiger partial charge on any atom is -0.336 e. The van der Waals surface area contributed by atoms with Gasteiger partial charge in [-0.1, -0.05) is 25.4 Å². The average molecular weight is 462 g/mol. The highest BCUT2D eigenvalue weighted by Crippen LogP contribution is 2.35. The lowest BCUT2D eigenvalue weighted by Gasteiger charge is -2.19. The molecule has 3 heterocycles. The van der Waals surface area contributed by atoms with Gasteiger partial charge in [0.15, 0.2) is 0 Å². The molecule has 0 saturated carbocycles. The average Bonchev–Trinajstić information content (AvgIpc) is 3.34. The molecule has 0 atom stereocenters. The first-order chi connectivity index (χ1) is 14.9. The second-order valence-corrected chi connectivity index (χ2v) is 8.98. The number of carbonyl (C=O) groups excluding carboxylic acids is 1. The number of fused-ring (bicyclic) bond motifs is 3. The van der Waals surface area contributed by atoms with Crippen LogP contribution in [0.25, 0.3) is 16.4 Å². The van der Waals surface area contributed by atoms with Crippen LogP contribution >= 0.6 is 22.9 Å². The highest BCUT2D eigenvalue weighted by atomic mass is 35.5. The Balaban J connectivity index is 1.72. The third-order valence-electron chi connectivity index (χ3n) is 5.37. The lowest BCUT2D eigenvalue weighted by atomic mass is 10.1. The van der Waals surface area contributed by atoms with E-state index in [1.807, 2.05) is 4.57 Å². The van der Waals surface area contributed by atoms with E-state index in [0.717, 1.165) is 54.6 Å². The molecule has 2 aromatic heterocycles. The first-order valence-corrected chi connectivity index (χ1v) is 11.7. The number of carbonyl (C=O) groups is 1. The topological polar surface area (TPSA) is 54.3 Å². The lowest BCUT2D eigenvalue weighted by Crippen LogP contribution is -2.25. The Morgan fingerprint density at radius 1 is 1.26 bits per heavy atom. The predicted molar refractivity (Wildman–Crippen MR) is 121 cm³/mol. The fourth-order valence-corrected chi connectivity index (χ4v) is 5.03. The van der Waals surface area contributed by atoms with Crippen LogP contribution in [0, 0.1) is 5.82 Å². The normalized spacial score (nSPS) is 13.5. The van der Waals surface area contributed by atoms with E-state index >= 15 is 0 Å². The number of halogens is 2. The van der Waals surface area contributed by atoms with Crippen LogP contribution in [-0.2, 0) is 13.1 Å². The maximum atomic E-state index is 14.1. The molecule has 6 nitrogen and oxygen atoms in total. The SMILES string of the molecule is CCCN(CCC)Cc1csc(-c2ncn3c2CN(C)C(=O)c2c-3ccc(F)c2Cl)n1. The Kier molecular flexibility index (Phi) is 6.41. The summed E-state index contributed by atoms with van der Waals surface area (Å²) in [5, 5.41) is 2.72. The van der Waals surface area contributed by atoms with E-state index in [-0.39, 0.29) is 16.5 Å². The number of nitrogens with zero attached hydrogens (tertiary/aromatic N) is 5. The Labute approximate surface area is 190 Å². The molecule has 0 bridgehead atoms. The Hall–Kier alpha value is -2.29. The molecule has 4 rings (SSSR count). The first kappa shape index (κ1) is 21.9. The van der Waals surface area contributed by atoms with Crippen LogP contribution in [0.15, 0.2) is 23.8 Å². The Morgan fingerprint density at radius 2 is 2.00 bits per heavy atom. The smallest absolute Gasteiger partial charge is 0.257 e. The summed E-state index contributed by atoms with van der Waals surface area (Å²) in [6.45, 7) is 7.59. The summed E-state index contributed by atoms with van der Waals surface area (Å²) < 4.78 is 15.9. The molecule has 0 unspecified atom stereocenters. The van der Waals surface area contributed by atoms with E-state index in [0.29, 0.717) is 12.2 Å². The maximum Gasteiger partial charge on any atom is 0.257 e. The molecule has 1 aromatic carbocycles. The molecule has 31 heavy (non-hydrogen) atoms. The van der Waals surface area contributed by atoms with Gasteiger partial charge in [0.05, 0.1) is 34.2 Å². The van der Waals surface area contributed by atoms with E-state index < -0.39 is 5.82 Å². The van der Waals surface area contributed by atoms with Crippen molar-refractivity contribution in [3.8, 4) is 16.4 Å². The summed E-state index contributed by atoms with van der Waals surface area (Å²) in [5.74, 6) is -0.928. The summed E-state index contributed by atoms with van der Waals surface area (Å²) in [7, 11) is 1.68. The monoisotopic (exact) mass is 461 g/mol. The van der Waals surface area contributed by atoms with E-state index in [9.17, 15) is 9.18 Å². The first-order valence-electron chi connectivity index (χ1n) is 10.4. The third-order valence-corrected chi connectivity index (χ3v) is 6.63. The number of amides is 1. The van der Waals surface area contributed by atoms with Crippen molar-refractivity contribution in [3.63, 3.8) is 0 Å². The van der Waals surface area contributed by atoms with E-state index in [1.54, 1.807) is 30.8 Å². The molecule has 0 fully saturated rings. The van der Waals surface area contributed by atoms with Gasteiger partial charge in [0.2, 0.25) is 0 Å². The van der Waals surface area contributed by atoms with E-state index in [1.165, 1.54) is 11.0 Å². The largest absolute Gasteiger partial charge is 0.336 e. The van der Waals surface area contributed by atoms with Crippen LogP contribution in [0.2, 0.25) is 5.02 Å². The van der Waals surface area contributed by atoms with Crippen molar-refractivity contribution in [2.45, 2.75) is 39.8 Å². The highest BCUT2D eigenvalue weighted by molar-refractivity contribution is 7.13. The molecule has 1 aliphatic rings. The molecular formula is C22H25ClFN5OS. The number of hydrogen-bond acceptors (Lipinski definition) is 5. The molecule has 3 aromatic rings. The van der Waals surface area contributed by atoms with Crippen LogP contribution in [0.4, 0.5) is 4.39 Å². The number of thiazole rings is 1. The van der Waals surface area contributed by atoms with Gasteiger partial charge in [0.1, 0.15) is 22.8 Å². The minimum absolute atomic E-state index is 0.154. The summed E-state index contributed by atoms with van der Waals surface area (Å²) in [6, 6.07) is 2.85. The number of hydrogen-bond donors (Lipinski definition) is 0. The predicted octanol–water partition coefficient (Wildman–Crippen LogP) is 5.00. The summed E-state index contributed by atoms with van der Waals surface area (Å²) in [5.41, 5.74) is 3.27. The molecule has 1 aliphatic heterocycles. The molecule has 0 N–H and O–H groups in total. The minimum atomic E-state index is -0.612. The summed E-state index contributed by atoms with van der Waals surface area (Å²) in [6.07, 6.45) is 3.87. The van der Waals surface area contributed by atoms with Gasteiger partial charge in [-0.2, -0.15) is 0 Å². The van der Waals surface area contributed by atoms with Crippen molar-refractivity contribution < 1.29 is 9.18 Å². The van der Waals surface area contributed by atoms with Gasteiger partial charge >= 0.3 is 0 Å². The molecule has 9 heteroatoms. The number of rotatable bonds is 7. The van der Waals surface area contributed by atoms with Crippen LogP contribution < -0.4 is 0 Å². The zero-order valence-corrected chi connectivity index (χ0v) is 19.4.